The molecule has 2 aliphatic rings. The summed E-state index contributed by atoms with van der Waals surface area (Å²) in [4.78, 5) is 4.88. The number of anilines is 2. The number of fused-ring (bicyclic) bond motifs is 2. The molecule has 0 atom stereocenters. The van der Waals surface area contributed by atoms with E-state index in [4.69, 9.17) is 9.47 Å². The Morgan fingerprint density at radius 3 is 1.03 bits per heavy atom. The van der Waals surface area contributed by atoms with Crippen LogP contribution in [0.2, 0.25) is 0 Å². The van der Waals surface area contributed by atoms with Crippen molar-refractivity contribution in [2.24, 2.45) is 0 Å². The van der Waals surface area contributed by atoms with E-state index in [0.717, 1.165) is 59.9 Å². The highest BCUT2D eigenvalue weighted by Crippen LogP contribution is 2.33. The maximum absolute atomic E-state index is 13.7. The van der Waals surface area contributed by atoms with Crippen LogP contribution >= 0.6 is 0 Å². The van der Waals surface area contributed by atoms with Gasteiger partial charge < -0.3 is 19.3 Å². The van der Waals surface area contributed by atoms with Crippen molar-refractivity contribution in [3.05, 3.63) is 107 Å². The number of hydrogen-bond donors (Lipinski definition) is 0. The number of nitrogens with zero attached hydrogens (tertiary/aromatic N) is 2. The van der Waals surface area contributed by atoms with Crippen LogP contribution in [-0.2, 0) is 35.8 Å². The Kier molecular flexibility index (Phi) is 21.9. The summed E-state index contributed by atoms with van der Waals surface area (Å²) in [5, 5.41) is 0. The van der Waals surface area contributed by atoms with Crippen LogP contribution in [0.4, 0.5) is 11.4 Å². The molecule has 0 saturated heterocycles. The molecule has 0 N–H and O–H groups in total. The minimum absolute atomic E-state index is 0.287. The molecule has 65 heavy (non-hydrogen) atoms. The molecule has 356 valence electrons. The van der Waals surface area contributed by atoms with E-state index in [0.29, 0.717) is 13.5 Å². The van der Waals surface area contributed by atoms with Crippen molar-refractivity contribution in [2.45, 2.75) is 217 Å². The highest BCUT2D eigenvalue weighted by atomic mass is 32.2. The van der Waals surface area contributed by atoms with Crippen molar-refractivity contribution in [3.8, 4) is 11.5 Å². The minimum Gasteiger partial charge on any atom is -0.473 e. The van der Waals surface area contributed by atoms with Crippen LogP contribution in [0.15, 0.2) is 94.7 Å². The van der Waals surface area contributed by atoms with Gasteiger partial charge >= 0.3 is 0 Å². The number of rotatable bonds is 32. The van der Waals surface area contributed by atoms with Crippen LogP contribution in [-0.4, -0.2) is 21.9 Å². The lowest BCUT2D eigenvalue weighted by molar-refractivity contribution is 0.289. The van der Waals surface area contributed by atoms with Gasteiger partial charge in [0.15, 0.2) is 13.5 Å². The van der Waals surface area contributed by atoms with Gasteiger partial charge in [0.1, 0.15) is 11.5 Å². The molecule has 0 unspecified atom stereocenters. The van der Waals surface area contributed by atoms with E-state index < -0.39 is 9.84 Å². The average Bonchev–Trinajstić information content (AvgIpc) is 3.34. The standard InChI is InChI=1S/C58H84N2O4S/c1-3-5-7-9-11-13-15-17-19-21-23-25-27-29-49-31-33-51-45-59(47-63-57(51)43-49)53-35-39-55(40-36-53)65(61,62)56-41-37-54(38-42-56)60-46-52-34-32-50(44-58(52)64-48-60)30-28-26-24-22-20-18-16-14-12-10-8-6-4-2/h31-44H,3-30,45-48H2,1-2H3. The number of unbranched alkanes of at least 4 members (excludes halogenated alkanes) is 24. The van der Waals surface area contributed by atoms with Crippen LogP contribution in [0.25, 0.3) is 0 Å². The molecule has 0 radical (unpaired) electrons. The summed E-state index contributed by atoms with van der Waals surface area (Å²) in [7, 11) is -3.68. The zero-order chi connectivity index (χ0) is 45.4. The van der Waals surface area contributed by atoms with Crippen molar-refractivity contribution in [1.82, 2.24) is 0 Å². The molecule has 7 heteroatoms. The van der Waals surface area contributed by atoms with Gasteiger partial charge in [-0.05, 0) is 97.5 Å². The van der Waals surface area contributed by atoms with E-state index in [1.165, 1.54) is 178 Å². The van der Waals surface area contributed by atoms with Gasteiger partial charge in [-0.15, -0.1) is 0 Å². The van der Waals surface area contributed by atoms with Gasteiger partial charge in [0.25, 0.3) is 0 Å². The first-order chi connectivity index (χ1) is 31.9. The molecule has 0 amide bonds. The molecular weight excluding hydrogens is 821 g/mol. The number of hydrogen-bond acceptors (Lipinski definition) is 6. The monoisotopic (exact) mass is 905 g/mol. The number of benzene rings is 4. The van der Waals surface area contributed by atoms with Crippen molar-refractivity contribution in [3.63, 3.8) is 0 Å². The molecule has 0 spiro atoms. The highest BCUT2D eigenvalue weighted by Gasteiger charge is 2.23. The first kappa shape index (κ1) is 50.4. The van der Waals surface area contributed by atoms with Crippen LogP contribution in [0.3, 0.4) is 0 Å². The third kappa shape index (κ3) is 16.7. The van der Waals surface area contributed by atoms with E-state index in [9.17, 15) is 8.42 Å². The summed E-state index contributed by atoms with van der Waals surface area (Å²) in [6.45, 7) is 6.91. The first-order valence-corrected chi connectivity index (χ1v) is 27.9. The molecular formula is C58H84N2O4S. The normalized spacial score (nSPS) is 13.6. The zero-order valence-electron chi connectivity index (χ0n) is 40.6. The van der Waals surface area contributed by atoms with Crippen LogP contribution in [0.1, 0.15) is 203 Å². The molecule has 0 saturated carbocycles. The SMILES string of the molecule is CCCCCCCCCCCCCCCc1ccc2c(c1)OCN(c1ccc(S(=O)(=O)c3ccc(N4COc5cc(CCCCCCCCCCCCCCC)ccc5C4)cc3)cc1)C2. The first-order valence-electron chi connectivity index (χ1n) is 26.4. The van der Waals surface area contributed by atoms with Crippen molar-refractivity contribution in [1.29, 1.82) is 0 Å². The van der Waals surface area contributed by atoms with E-state index in [-0.39, 0.29) is 9.79 Å². The topological polar surface area (TPSA) is 59.1 Å². The fraction of sp³-hybridized carbons (Fsp3) is 0.586. The Morgan fingerprint density at radius 2 is 0.708 bits per heavy atom. The Bertz CT molecular complexity index is 1910. The average molecular weight is 905 g/mol. The quantitative estimate of drug-likeness (QED) is 0.0455. The molecule has 2 heterocycles. The van der Waals surface area contributed by atoms with E-state index in [2.05, 4.69) is 60.0 Å². The summed E-state index contributed by atoms with van der Waals surface area (Å²) in [6, 6.07) is 27.8. The number of aryl methyl sites for hydroxylation is 2. The Hall–Kier alpha value is -3.97. The van der Waals surface area contributed by atoms with Gasteiger partial charge in [0.2, 0.25) is 9.84 Å². The fourth-order valence-corrected chi connectivity index (χ4v) is 10.9. The predicted octanol–water partition coefficient (Wildman–Crippen LogP) is 16.5. The molecule has 0 aliphatic carbocycles. The summed E-state index contributed by atoms with van der Waals surface area (Å²) < 4.78 is 40.0. The summed E-state index contributed by atoms with van der Waals surface area (Å²) in [5.41, 5.74) is 6.91. The van der Waals surface area contributed by atoms with Gasteiger partial charge in [-0.2, -0.15) is 0 Å². The third-order valence-corrected chi connectivity index (χ3v) is 15.7. The van der Waals surface area contributed by atoms with Gasteiger partial charge in [0, 0.05) is 35.6 Å². The lowest BCUT2D eigenvalue weighted by Crippen LogP contribution is -2.32. The molecule has 0 bridgehead atoms. The van der Waals surface area contributed by atoms with Gasteiger partial charge in [-0.3, -0.25) is 0 Å². The number of ether oxygens (including phenoxy) is 2. The molecule has 6 nitrogen and oxygen atoms in total. The Labute approximate surface area is 395 Å². The predicted molar refractivity (Wildman–Crippen MR) is 273 cm³/mol. The van der Waals surface area contributed by atoms with Gasteiger partial charge in [0.05, 0.1) is 9.79 Å². The van der Waals surface area contributed by atoms with Crippen molar-refractivity contribution in [2.75, 3.05) is 23.3 Å². The van der Waals surface area contributed by atoms with E-state index in [1.54, 1.807) is 24.3 Å². The van der Waals surface area contributed by atoms with Gasteiger partial charge in [-0.1, -0.05) is 192 Å². The second-order valence-corrected chi connectivity index (χ2v) is 21.3. The fourth-order valence-electron chi connectivity index (χ4n) is 9.67. The minimum atomic E-state index is -3.68. The lowest BCUT2D eigenvalue weighted by Gasteiger charge is -2.31. The molecule has 6 rings (SSSR count). The molecule has 2 aliphatic heterocycles. The third-order valence-electron chi connectivity index (χ3n) is 13.9. The smallest absolute Gasteiger partial charge is 0.206 e. The van der Waals surface area contributed by atoms with Crippen molar-refractivity contribution >= 4 is 21.2 Å². The maximum Gasteiger partial charge on any atom is 0.206 e. The molecule has 4 aromatic carbocycles. The van der Waals surface area contributed by atoms with Crippen LogP contribution < -0.4 is 19.3 Å². The Morgan fingerprint density at radius 1 is 0.400 bits per heavy atom. The Balaban J connectivity index is 0.873. The van der Waals surface area contributed by atoms with Crippen LogP contribution in [0, 0.1) is 0 Å². The van der Waals surface area contributed by atoms with Crippen LogP contribution in [0.5, 0.6) is 11.5 Å². The highest BCUT2D eigenvalue weighted by molar-refractivity contribution is 7.91. The zero-order valence-corrected chi connectivity index (χ0v) is 41.5. The maximum atomic E-state index is 13.7. The number of sulfone groups is 1. The lowest BCUT2D eigenvalue weighted by atomic mass is 10.0. The molecule has 0 fully saturated rings. The summed E-state index contributed by atoms with van der Waals surface area (Å²) in [6.07, 6.45) is 37.9. The summed E-state index contributed by atoms with van der Waals surface area (Å²) >= 11 is 0. The van der Waals surface area contributed by atoms with E-state index >= 15 is 0 Å². The largest absolute Gasteiger partial charge is 0.473 e. The second-order valence-electron chi connectivity index (χ2n) is 19.3. The molecule has 4 aromatic rings. The summed E-state index contributed by atoms with van der Waals surface area (Å²) in [5.74, 6) is 1.95. The second kappa shape index (κ2) is 28.3. The van der Waals surface area contributed by atoms with Gasteiger partial charge in [-0.25, -0.2) is 8.42 Å². The van der Waals surface area contributed by atoms with Crippen molar-refractivity contribution < 1.29 is 17.9 Å². The molecule has 0 aromatic heterocycles. The van der Waals surface area contributed by atoms with E-state index in [1.807, 2.05) is 24.3 Å².